The number of benzene rings is 3. The van der Waals surface area contributed by atoms with Gasteiger partial charge in [0.05, 0.1) is 29.5 Å². The molecule has 7 rings (SSSR count). The van der Waals surface area contributed by atoms with Crippen molar-refractivity contribution >= 4 is 40.3 Å². The Labute approximate surface area is 317 Å². The number of anilines is 1. The van der Waals surface area contributed by atoms with Gasteiger partial charge in [0.1, 0.15) is 29.1 Å². The third-order valence-electron chi connectivity index (χ3n) is 10.3. The lowest BCUT2D eigenvalue weighted by atomic mass is 9.96. The van der Waals surface area contributed by atoms with E-state index in [0.29, 0.717) is 88.5 Å². The first-order valence-electron chi connectivity index (χ1n) is 17.8. The van der Waals surface area contributed by atoms with Crippen molar-refractivity contribution < 1.29 is 23.8 Å². The molecular weight excluding hydrogens is 706 g/mol. The number of likely N-dealkylation sites (tertiary alicyclic amines) is 2. The summed E-state index contributed by atoms with van der Waals surface area (Å²) < 4.78 is 11.8. The van der Waals surface area contributed by atoms with E-state index >= 15 is 0 Å². The van der Waals surface area contributed by atoms with Gasteiger partial charge < -0.3 is 19.6 Å². The molecular formula is C41H38ClN7O5. The lowest BCUT2D eigenvalue weighted by Gasteiger charge is -2.38. The molecule has 0 saturated carbocycles. The Morgan fingerprint density at radius 2 is 1.85 bits per heavy atom. The number of nitrogens with one attached hydrogen (secondary N) is 1. The molecule has 0 unspecified atom stereocenters. The molecule has 2 N–H and O–H groups in total. The molecule has 274 valence electrons. The summed E-state index contributed by atoms with van der Waals surface area (Å²) in [7, 11) is 1.51. The minimum atomic E-state index is -0.848. The van der Waals surface area contributed by atoms with Crippen LogP contribution < -0.4 is 10.1 Å². The molecule has 1 amide bonds. The summed E-state index contributed by atoms with van der Waals surface area (Å²) in [6, 6.07) is 20.4. The molecule has 0 aliphatic carbocycles. The number of pyridine rings is 1. The lowest BCUT2D eigenvalue weighted by molar-refractivity contribution is -0.144. The summed E-state index contributed by atoms with van der Waals surface area (Å²) in [5.41, 5.74) is 6.65. The van der Waals surface area contributed by atoms with E-state index in [1.807, 2.05) is 48.2 Å². The summed E-state index contributed by atoms with van der Waals surface area (Å²) >= 11 is 6.97. The van der Waals surface area contributed by atoms with Crippen LogP contribution >= 0.6 is 11.6 Å². The van der Waals surface area contributed by atoms with E-state index in [9.17, 15) is 20.0 Å². The Bertz CT molecular complexity index is 2340. The molecule has 0 bridgehead atoms. The largest absolute Gasteiger partial charge is 0.496 e. The van der Waals surface area contributed by atoms with Crippen LogP contribution in [0.1, 0.15) is 58.4 Å². The normalized spacial score (nSPS) is 16.4. The topological polar surface area (TPSA) is 169 Å². The van der Waals surface area contributed by atoms with Crippen LogP contribution in [0.5, 0.6) is 5.75 Å². The molecule has 2 aromatic heterocycles. The second kappa shape index (κ2) is 15.7. The number of hydrogen-bond donors (Lipinski definition) is 2. The molecule has 1 atom stereocenters. The van der Waals surface area contributed by atoms with Crippen molar-refractivity contribution in [2.75, 3.05) is 32.1 Å². The highest BCUT2D eigenvalue weighted by molar-refractivity contribution is 6.36. The van der Waals surface area contributed by atoms with Crippen molar-refractivity contribution in [3.63, 3.8) is 0 Å². The number of methoxy groups -OCH3 is 1. The number of nitrogens with zero attached hydrogens (tertiary/aromatic N) is 6. The molecule has 13 heteroatoms. The first-order valence-corrected chi connectivity index (χ1v) is 18.2. The number of aliphatic carboxylic acids is 1. The van der Waals surface area contributed by atoms with E-state index in [-0.39, 0.29) is 5.69 Å². The molecule has 2 saturated heterocycles. The molecule has 2 aliphatic heterocycles. The fourth-order valence-corrected chi connectivity index (χ4v) is 7.74. The van der Waals surface area contributed by atoms with Crippen LogP contribution in [0, 0.1) is 35.5 Å². The third-order valence-corrected chi connectivity index (χ3v) is 10.7. The van der Waals surface area contributed by atoms with Crippen LogP contribution in [0.3, 0.4) is 0 Å². The number of halogens is 1. The number of carboxylic acids is 1. The number of fused-ring (bicyclic) bond motifs is 1. The number of carbonyl (C=O) groups excluding carboxylic acids is 1. The van der Waals surface area contributed by atoms with Gasteiger partial charge in [-0.05, 0) is 73.2 Å². The number of aromatic nitrogens is 2. The second-order valence-electron chi connectivity index (χ2n) is 13.8. The number of hydrogen-bond acceptors (Lipinski definition) is 10. The van der Waals surface area contributed by atoms with Gasteiger partial charge in [0.25, 0.3) is 5.91 Å². The molecule has 5 aromatic rings. The number of ether oxygens (including phenoxy) is 1. The van der Waals surface area contributed by atoms with E-state index in [0.717, 1.165) is 48.2 Å². The van der Waals surface area contributed by atoms with Gasteiger partial charge in [-0.2, -0.15) is 10.5 Å². The minimum absolute atomic E-state index is 0.118. The van der Waals surface area contributed by atoms with E-state index in [4.69, 9.17) is 31.0 Å². The van der Waals surface area contributed by atoms with Gasteiger partial charge in [-0.25, -0.2) is 4.98 Å². The zero-order valence-electron chi connectivity index (χ0n) is 29.9. The van der Waals surface area contributed by atoms with Crippen LogP contribution in [0.2, 0.25) is 5.02 Å². The standard InChI is InChI=1S/C41H38ClN7O5/c1-24-29(7-5-8-30(24)40-47-33-16-26(15-27(18-44)38(33)54-40)22-48-20-25(21-48)12-13-43)31-9-6-10-32(37(31)42)46-39(50)34-17-36(53-2)28(19-45-34)23-49-14-4-3-11-35(49)41(51)52/h5-10,15-17,19,25,35H,3-4,11-12,14,20-23H2,1-2H3,(H,46,50)(H,51,52)/t35-/m0/s1. The van der Waals surface area contributed by atoms with Gasteiger partial charge in [0, 0.05) is 61.6 Å². The zero-order chi connectivity index (χ0) is 37.9. The zero-order valence-corrected chi connectivity index (χ0v) is 30.7. The Balaban J connectivity index is 1.11. The quantitative estimate of drug-likeness (QED) is 0.138. The van der Waals surface area contributed by atoms with Crippen molar-refractivity contribution in [1.82, 2.24) is 19.8 Å². The fraction of sp³-hybridized carbons (Fsp3) is 0.317. The third kappa shape index (κ3) is 7.37. The van der Waals surface area contributed by atoms with Gasteiger partial charge in [0.15, 0.2) is 5.58 Å². The number of piperidine rings is 1. The minimum Gasteiger partial charge on any atom is -0.496 e. The molecule has 12 nitrogen and oxygen atoms in total. The van der Waals surface area contributed by atoms with Gasteiger partial charge in [-0.15, -0.1) is 0 Å². The van der Waals surface area contributed by atoms with Gasteiger partial charge >= 0.3 is 5.97 Å². The lowest BCUT2D eigenvalue weighted by Crippen LogP contribution is -2.45. The summed E-state index contributed by atoms with van der Waals surface area (Å²) in [4.78, 5) is 38.6. The number of amides is 1. The summed E-state index contributed by atoms with van der Waals surface area (Å²) in [6.07, 6.45) is 4.47. The van der Waals surface area contributed by atoms with E-state index in [2.05, 4.69) is 27.3 Å². The second-order valence-corrected chi connectivity index (χ2v) is 14.2. The van der Waals surface area contributed by atoms with E-state index in [1.54, 1.807) is 24.4 Å². The van der Waals surface area contributed by atoms with Crippen molar-refractivity contribution in [3.8, 4) is 40.5 Å². The smallest absolute Gasteiger partial charge is 0.320 e. The van der Waals surface area contributed by atoms with Crippen LogP contribution in [0.15, 0.2) is 65.2 Å². The van der Waals surface area contributed by atoms with E-state index < -0.39 is 17.9 Å². The first kappa shape index (κ1) is 36.6. The number of oxazole rings is 1. The molecule has 54 heavy (non-hydrogen) atoms. The Hall–Kier alpha value is -5.79. The van der Waals surface area contributed by atoms with Crippen LogP contribution in [-0.2, 0) is 17.9 Å². The highest BCUT2D eigenvalue weighted by atomic mass is 35.5. The average Bonchev–Trinajstić information content (AvgIpc) is 3.59. The SMILES string of the molecule is COc1cc(C(=O)Nc2cccc(-c3cccc(-c4nc5cc(CN6CC(CC#N)C6)cc(C#N)c5o4)c3C)c2Cl)ncc1CN1CCCC[C@H]1C(=O)O. The molecule has 4 heterocycles. The van der Waals surface area contributed by atoms with E-state index in [1.165, 1.54) is 7.11 Å². The number of nitriles is 2. The number of carboxylic acid groups (broad SMARTS) is 1. The Morgan fingerprint density at radius 1 is 1.07 bits per heavy atom. The van der Waals surface area contributed by atoms with Crippen LogP contribution in [-0.4, -0.2) is 69.5 Å². The van der Waals surface area contributed by atoms with Gasteiger partial charge in [-0.3, -0.25) is 24.4 Å². The number of carbonyl (C=O) groups is 2. The monoisotopic (exact) mass is 743 g/mol. The maximum absolute atomic E-state index is 13.5. The Morgan fingerprint density at radius 3 is 2.61 bits per heavy atom. The van der Waals surface area contributed by atoms with Gasteiger partial charge in [0.2, 0.25) is 5.89 Å². The predicted octanol–water partition coefficient (Wildman–Crippen LogP) is 7.44. The van der Waals surface area contributed by atoms with Gasteiger partial charge in [-0.1, -0.05) is 42.3 Å². The average molecular weight is 744 g/mol. The maximum Gasteiger partial charge on any atom is 0.320 e. The van der Waals surface area contributed by atoms with Crippen LogP contribution in [0.4, 0.5) is 5.69 Å². The molecule has 0 spiro atoms. The van der Waals surface area contributed by atoms with Crippen molar-refractivity contribution in [2.45, 2.75) is 51.7 Å². The fourth-order valence-electron chi connectivity index (χ4n) is 7.46. The molecule has 3 aromatic carbocycles. The summed E-state index contributed by atoms with van der Waals surface area (Å²) in [5.74, 6) is -0.131. The van der Waals surface area contributed by atoms with Crippen molar-refractivity contribution in [3.05, 3.63) is 93.8 Å². The van der Waals surface area contributed by atoms with Crippen LogP contribution in [0.25, 0.3) is 33.7 Å². The number of rotatable bonds is 11. The van der Waals surface area contributed by atoms with Crippen molar-refractivity contribution in [1.29, 1.82) is 10.5 Å². The first-order chi connectivity index (χ1) is 26.2. The highest BCUT2D eigenvalue weighted by Crippen LogP contribution is 2.39. The molecule has 0 radical (unpaired) electrons. The maximum atomic E-state index is 13.5. The molecule has 2 aliphatic rings. The summed E-state index contributed by atoms with van der Waals surface area (Å²) in [5, 5.41) is 31.8. The predicted molar refractivity (Wildman–Crippen MR) is 203 cm³/mol. The Kier molecular flexibility index (Phi) is 10.6. The summed E-state index contributed by atoms with van der Waals surface area (Å²) in [6.45, 7) is 5.31. The molecule has 2 fully saturated rings. The highest BCUT2D eigenvalue weighted by Gasteiger charge is 2.30. The van der Waals surface area contributed by atoms with Crippen molar-refractivity contribution in [2.24, 2.45) is 5.92 Å².